The van der Waals surface area contributed by atoms with Crippen LogP contribution in [0.3, 0.4) is 0 Å². The minimum absolute atomic E-state index is 0.0103. The molecule has 2 heterocycles. The molecule has 0 aliphatic carbocycles. The molecule has 1 aliphatic rings. The molecule has 3 aromatic rings. The summed E-state index contributed by atoms with van der Waals surface area (Å²) < 4.78 is 1.53. The zero-order valence-electron chi connectivity index (χ0n) is 17.9. The number of hydrogen-bond donors (Lipinski definition) is 1. The van der Waals surface area contributed by atoms with E-state index in [4.69, 9.17) is 0 Å². The van der Waals surface area contributed by atoms with Gasteiger partial charge in [-0.1, -0.05) is 48.5 Å². The van der Waals surface area contributed by atoms with Crippen molar-refractivity contribution < 1.29 is 9.59 Å². The molecule has 160 valence electrons. The maximum absolute atomic E-state index is 12.6. The Morgan fingerprint density at radius 3 is 2.32 bits per heavy atom. The van der Waals surface area contributed by atoms with Crippen LogP contribution in [0.1, 0.15) is 16.2 Å². The molecule has 1 fully saturated rings. The Kier molecular flexibility index (Phi) is 6.02. The van der Waals surface area contributed by atoms with Crippen molar-refractivity contribution >= 4 is 17.5 Å². The third-order valence-corrected chi connectivity index (χ3v) is 5.60. The van der Waals surface area contributed by atoms with E-state index in [2.05, 4.69) is 51.7 Å². The monoisotopic (exact) mass is 417 g/mol. The Morgan fingerprint density at radius 2 is 1.65 bits per heavy atom. The van der Waals surface area contributed by atoms with Gasteiger partial charge >= 0.3 is 0 Å². The fourth-order valence-corrected chi connectivity index (χ4v) is 3.99. The summed E-state index contributed by atoms with van der Waals surface area (Å²) in [5.41, 5.74) is 4.78. The van der Waals surface area contributed by atoms with Crippen LogP contribution in [0.25, 0.3) is 11.1 Å². The summed E-state index contributed by atoms with van der Waals surface area (Å²) in [5.74, 6) is -0.352. The van der Waals surface area contributed by atoms with Crippen molar-refractivity contribution in [2.24, 2.45) is 7.05 Å². The fourth-order valence-electron chi connectivity index (χ4n) is 3.99. The van der Waals surface area contributed by atoms with Gasteiger partial charge < -0.3 is 15.1 Å². The molecule has 1 N–H and O–H groups in total. The fraction of sp³-hybridized carbons (Fsp3) is 0.292. The Labute approximate surface area is 182 Å². The second kappa shape index (κ2) is 9.04. The second-order valence-electron chi connectivity index (χ2n) is 7.73. The Bertz CT molecular complexity index is 1070. The molecule has 2 aromatic carbocycles. The van der Waals surface area contributed by atoms with Gasteiger partial charge in [-0.2, -0.15) is 5.10 Å². The molecule has 0 saturated carbocycles. The molecule has 2 amide bonds. The van der Waals surface area contributed by atoms with Crippen LogP contribution in [0.5, 0.6) is 0 Å². The molecule has 0 radical (unpaired) electrons. The van der Waals surface area contributed by atoms with Crippen LogP contribution in [0.4, 0.5) is 5.69 Å². The van der Waals surface area contributed by atoms with E-state index in [1.807, 2.05) is 30.0 Å². The van der Waals surface area contributed by atoms with Crippen LogP contribution in [-0.2, 0) is 11.8 Å². The standard InChI is InChI=1S/C24H27N5O2/c1-18-16-22(27(2)26-18)24(31)25-17-23(30)29-14-12-28(13-15-29)21-11-7-6-10-20(21)19-8-4-3-5-9-19/h3-11,16H,12-15,17H2,1-2H3,(H,25,31). The lowest BCUT2D eigenvalue weighted by atomic mass is 10.0. The van der Waals surface area contributed by atoms with Crippen LogP contribution >= 0.6 is 0 Å². The van der Waals surface area contributed by atoms with E-state index >= 15 is 0 Å². The van der Waals surface area contributed by atoms with Crippen LogP contribution in [0.15, 0.2) is 60.7 Å². The SMILES string of the molecule is Cc1cc(C(=O)NCC(=O)N2CCN(c3ccccc3-c3ccccc3)CC2)n(C)n1. The number of hydrogen-bond acceptors (Lipinski definition) is 4. The van der Waals surface area contributed by atoms with E-state index < -0.39 is 0 Å². The predicted molar refractivity (Wildman–Crippen MR) is 121 cm³/mol. The number of benzene rings is 2. The largest absolute Gasteiger partial charge is 0.367 e. The molecule has 1 aliphatic heterocycles. The van der Waals surface area contributed by atoms with Crippen LogP contribution in [-0.4, -0.2) is 59.2 Å². The number of nitrogens with zero attached hydrogens (tertiary/aromatic N) is 4. The molecular formula is C24H27N5O2. The van der Waals surface area contributed by atoms with Crippen molar-refractivity contribution in [3.63, 3.8) is 0 Å². The molecule has 7 heteroatoms. The van der Waals surface area contributed by atoms with Crippen LogP contribution in [0, 0.1) is 6.92 Å². The van der Waals surface area contributed by atoms with Gasteiger partial charge in [-0.15, -0.1) is 0 Å². The van der Waals surface area contributed by atoms with E-state index in [-0.39, 0.29) is 18.4 Å². The average Bonchev–Trinajstić information content (AvgIpc) is 3.16. The summed E-state index contributed by atoms with van der Waals surface area (Å²) in [6, 6.07) is 20.4. The van der Waals surface area contributed by atoms with Gasteiger partial charge in [0.25, 0.3) is 5.91 Å². The number of carbonyl (C=O) groups is 2. The summed E-state index contributed by atoms with van der Waals surface area (Å²) in [4.78, 5) is 29.1. The summed E-state index contributed by atoms with van der Waals surface area (Å²) in [6.45, 7) is 4.58. The van der Waals surface area contributed by atoms with Gasteiger partial charge in [0.05, 0.1) is 12.2 Å². The zero-order chi connectivity index (χ0) is 21.8. The lowest BCUT2D eigenvalue weighted by Gasteiger charge is -2.37. The summed E-state index contributed by atoms with van der Waals surface area (Å²) in [5, 5.41) is 6.89. The van der Waals surface area contributed by atoms with Gasteiger partial charge in [-0.25, -0.2) is 0 Å². The van der Waals surface area contributed by atoms with Gasteiger partial charge in [-0.3, -0.25) is 14.3 Å². The molecule has 1 saturated heterocycles. The van der Waals surface area contributed by atoms with Crippen LogP contribution < -0.4 is 10.2 Å². The summed E-state index contributed by atoms with van der Waals surface area (Å²) in [7, 11) is 1.72. The highest BCUT2D eigenvalue weighted by molar-refractivity contribution is 5.95. The zero-order valence-corrected chi connectivity index (χ0v) is 17.9. The number of piperazine rings is 1. The third kappa shape index (κ3) is 4.60. The minimum atomic E-state index is -0.285. The van der Waals surface area contributed by atoms with E-state index in [1.165, 1.54) is 21.5 Å². The number of amides is 2. The Hall–Kier alpha value is -3.61. The van der Waals surface area contributed by atoms with Gasteiger partial charge in [0.1, 0.15) is 5.69 Å². The van der Waals surface area contributed by atoms with Crippen molar-refractivity contribution in [1.29, 1.82) is 0 Å². The Balaban J connectivity index is 1.35. The maximum atomic E-state index is 12.6. The molecule has 0 atom stereocenters. The first-order valence-electron chi connectivity index (χ1n) is 10.5. The van der Waals surface area contributed by atoms with Crippen molar-refractivity contribution in [3.8, 4) is 11.1 Å². The molecular weight excluding hydrogens is 390 g/mol. The second-order valence-corrected chi connectivity index (χ2v) is 7.73. The quantitative estimate of drug-likeness (QED) is 0.692. The first-order valence-corrected chi connectivity index (χ1v) is 10.5. The van der Waals surface area contributed by atoms with Crippen molar-refractivity contribution in [2.75, 3.05) is 37.6 Å². The highest BCUT2D eigenvalue weighted by Crippen LogP contribution is 2.31. The van der Waals surface area contributed by atoms with E-state index in [1.54, 1.807) is 13.1 Å². The lowest BCUT2D eigenvalue weighted by molar-refractivity contribution is -0.130. The van der Waals surface area contributed by atoms with Gasteiger partial charge in [0.15, 0.2) is 0 Å². The number of rotatable bonds is 5. The molecule has 31 heavy (non-hydrogen) atoms. The minimum Gasteiger partial charge on any atom is -0.367 e. The van der Waals surface area contributed by atoms with E-state index in [0.29, 0.717) is 18.8 Å². The number of carbonyl (C=O) groups excluding carboxylic acids is 2. The van der Waals surface area contributed by atoms with Gasteiger partial charge in [-0.05, 0) is 24.6 Å². The lowest BCUT2D eigenvalue weighted by Crippen LogP contribution is -2.51. The normalized spacial score (nSPS) is 13.9. The van der Waals surface area contributed by atoms with E-state index in [0.717, 1.165) is 18.8 Å². The van der Waals surface area contributed by atoms with Gasteiger partial charge in [0.2, 0.25) is 5.91 Å². The summed E-state index contributed by atoms with van der Waals surface area (Å²) in [6.07, 6.45) is 0. The topological polar surface area (TPSA) is 70.5 Å². The number of aromatic nitrogens is 2. The number of nitrogens with one attached hydrogen (secondary N) is 1. The molecule has 0 unspecified atom stereocenters. The van der Waals surface area contributed by atoms with Crippen molar-refractivity contribution in [1.82, 2.24) is 20.0 Å². The highest BCUT2D eigenvalue weighted by Gasteiger charge is 2.23. The van der Waals surface area contributed by atoms with Crippen molar-refractivity contribution in [2.45, 2.75) is 6.92 Å². The summed E-state index contributed by atoms with van der Waals surface area (Å²) >= 11 is 0. The highest BCUT2D eigenvalue weighted by atomic mass is 16.2. The number of anilines is 1. The molecule has 0 spiro atoms. The predicted octanol–water partition coefficient (Wildman–Crippen LogP) is 2.47. The van der Waals surface area contributed by atoms with E-state index in [9.17, 15) is 9.59 Å². The first kappa shape index (κ1) is 20.7. The molecule has 1 aromatic heterocycles. The smallest absolute Gasteiger partial charge is 0.269 e. The molecule has 0 bridgehead atoms. The third-order valence-electron chi connectivity index (χ3n) is 5.60. The number of aryl methyl sites for hydroxylation is 2. The number of para-hydroxylation sites is 1. The average molecular weight is 418 g/mol. The molecule has 4 rings (SSSR count). The maximum Gasteiger partial charge on any atom is 0.269 e. The molecule has 7 nitrogen and oxygen atoms in total. The van der Waals surface area contributed by atoms with Crippen LogP contribution in [0.2, 0.25) is 0 Å². The van der Waals surface area contributed by atoms with Crippen molar-refractivity contribution in [3.05, 3.63) is 72.1 Å². The first-order chi connectivity index (χ1) is 15.0. The van der Waals surface area contributed by atoms with Gasteiger partial charge in [0, 0.05) is 44.5 Å². The Morgan fingerprint density at radius 1 is 0.968 bits per heavy atom.